The number of piperidine rings is 1. The van der Waals surface area contributed by atoms with Crippen LogP contribution in [-0.4, -0.2) is 55.7 Å². The van der Waals surface area contributed by atoms with E-state index in [0.717, 1.165) is 16.9 Å². The molecular weight excluding hydrogens is 452 g/mol. The number of benzene rings is 1. The summed E-state index contributed by atoms with van der Waals surface area (Å²) in [6.45, 7) is 1.57. The van der Waals surface area contributed by atoms with Crippen molar-refractivity contribution in [1.29, 1.82) is 0 Å². The maximum atomic E-state index is 13.1. The van der Waals surface area contributed by atoms with Crippen molar-refractivity contribution in [1.82, 2.24) is 14.9 Å². The Kier molecular flexibility index (Phi) is 7.64. The molecule has 172 valence electrons. The van der Waals surface area contributed by atoms with Gasteiger partial charge in [-0.3, -0.25) is 14.4 Å². The van der Waals surface area contributed by atoms with Gasteiger partial charge in [0, 0.05) is 25.9 Å². The molecule has 0 unspecified atom stereocenters. The van der Waals surface area contributed by atoms with Crippen LogP contribution in [0.2, 0.25) is 0 Å². The van der Waals surface area contributed by atoms with E-state index >= 15 is 0 Å². The van der Waals surface area contributed by atoms with Crippen LogP contribution in [0.5, 0.6) is 0 Å². The van der Waals surface area contributed by atoms with E-state index in [1.165, 1.54) is 17.9 Å². The van der Waals surface area contributed by atoms with Gasteiger partial charge >= 0.3 is 0 Å². The van der Waals surface area contributed by atoms with Gasteiger partial charge in [-0.2, -0.15) is 0 Å². The van der Waals surface area contributed by atoms with Gasteiger partial charge in [0.2, 0.25) is 27.7 Å². The number of thiophene rings is 1. The van der Waals surface area contributed by atoms with Crippen LogP contribution in [0.15, 0.2) is 52.1 Å². The average Bonchev–Trinajstić information content (AvgIpc) is 3.29. The lowest BCUT2D eigenvalue weighted by Crippen LogP contribution is -2.59. The van der Waals surface area contributed by atoms with E-state index in [4.69, 9.17) is 5.73 Å². The Morgan fingerprint density at radius 1 is 1.19 bits per heavy atom. The smallest absolute Gasteiger partial charge is 0.250 e. The molecule has 3 rings (SSSR count). The fourth-order valence-corrected chi connectivity index (χ4v) is 6.03. The zero-order chi connectivity index (χ0) is 23.3. The number of hydrogen-bond donors (Lipinski definition) is 3. The van der Waals surface area contributed by atoms with Crippen LogP contribution in [0, 0.1) is 0 Å². The summed E-state index contributed by atoms with van der Waals surface area (Å²) in [5.41, 5.74) is 6.32. The zero-order valence-corrected chi connectivity index (χ0v) is 19.2. The Labute approximate surface area is 191 Å². The minimum Gasteiger partial charge on any atom is -0.368 e. The lowest BCUT2D eigenvalue weighted by Gasteiger charge is -2.38. The third-order valence-corrected chi connectivity index (χ3v) is 8.25. The van der Waals surface area contributed by atoms with Gasteiger partial charge in [0.15, 0.2) is 0 Å². The van der Waals surface area contributed by atoms with Gasteiger partial charge in [0.25, 0.3) is 0 Å². The molecule has 3 amide bonds. The molecule has 0 radical (unpaired) electrons. The van der Waals surface area contributed by atoms with Crippen molar-refractivity contribution in [3.63, 3.8) is 0 Å². The number of likely N-dealkylation sites (tertiary alicyclic amines) is 1. The zero-order valence-electron chi connectivity index (χ0n) is 17.6. The molecular formula is C21H26N4O5S2. The second-order valence-electron chi connectivity index (χ2n) is 7.66. The molecule has 1 aromatic heterocycles. The first-order chi connectivity index (χ1) is 15.2. The number of primary amides is 1. The number of hydrogen-bond acceptors (Lipinski definition) is 6. The van der Waals surface area contributed by atoms with Crippen LogP contribution in [-0.2, 0) is 30.8 Å². The van der Waals surface area contributed by atoms with Crippen molar-refractivity contribution in [2.75, 3.05) is 6.54 Å². The molecule has 0 saturated carbocycles. The molecule has 2 aromatic rings. The van der Waals surface area contributed by atoms with Gasteiger partial charge < -0.3 is 16.0 Å². The fraction of sp³-hybridized carbons (Fsp3) is 0.381. The maximum absolute atomic E-state index is 13.1. The molecule has 1 fully saturated rings. The Hall–Kier alpha value is -2.76. The Bertz CT molecular complexity index is 1060. The van der Waals surface area contributed by atoms with Gasteiger partial charge in [-0.15, -0.1) is 11.3 Å². The number of rotatable bonds is 8. The number of nitrogens with two attached hydrogens (primary N) is 1. The minimum absolute atomic E-state index is 0.0901. The van der Waals surface area contributed by atoms with Crippen molar-refractivity contribution in [2.24, 2.45) is 5.73 Å². The van der Waals surface area contributed by atoms with Crippen LogP contribution in [0.3, 0.4) is 0 Å². The molecule has 0 aliphatic carbocycles. The van der Waals surface area contributed by atoms with Gasteiger partial charge in [-0.25, -0.2) is 13.1 Å². The summed E-state index contributed by atoms with van der Waals surface area (Å²) in [6.07, 6.45) is 0.674. The third kappa shape index (κ3) is 5.93. The van der Waals surface area contributed by atoms with E-state index in [-0.39, 0.29) is 29.5 Å². The van der Waals surface area contributed by atoms with Crippen LogP contribution in [0.4, 0.5) is 0 Å². The number of nitrogens with zero attached hydrogens (tertiary/aromatic N) is 1. The van der Waals surface area contributed by atoms with Crippen LogP contribution in [0.1, 0.15) is 25.3 Å². The van der Waals surface area contributed by atoms with Crippen molar-refractivity contribution in [2.45, 2.75) is 48.5 Å². The molecule has 1 saturated heterocycles. The molecule has 1 aliphatic heterocycles. The van der Waals surface area contributed by atoms with E-state index < -0.39 is 40.0 Å². The van der Waals surface area contributed by atoms with Crippen LogP contribution >= 0.6 is 11.3 Å². The molecule has 11 heteroatoms. The summed E-state index contributed by atoms with van der Waals surface area (Å²) in [4.78, 5) is 38.5. The second-order valence-corrected chi connectivity index (χ2v) is 10.5. The van der Waals surface area contributed by atoms with Gasteiger partial charge in [0.1, 0.15) is 16.3 Å². The predicted octanol–water partition coefficient (Wildman–Crippen LogP) is 0.619. The number of carbonyl (C=O) groups is 3. The van der Waals surface area contributed by atoms with E-state index in [1.807, 2.05) is 30.3 Å². The number of carbonyl (C=O) groups excluding carboxylic acids is 3. The van der Waals surface area contributed by atoms with Gasteiger partial charge in [0.05, 0.1) is 0 Å². The standard InChI is InChI=1S/C21H26N4O5S2/c1-14(26)25-10-9-16(24-32(29,30)19-8-5-11-31-19)13-18(25)21(28)23-17(20(22)27)12-15-6-3-2-4-7-15/h2-8,11,16-18,24H,9-10,12-13H2,1H3,(H2,22,27)(H,23,28)/t16-,17+,18-/m0/s1. The molecule has 1 aromatic carbocycles. The lowest BCUT2D eigenvalue weighted by atomic mass is 9.96. The third-order valence-electron chi connectivity index (χ3n) is 5.33. The van der Waals surface area contributed by atoms with Crippen molar-refractivity contribution in [3.8, 4) is 0 Å². The highest BCUT2D eigenvalue weighted by Gasteiger charge is 2.37. The molecule has 1 aliphatic rings. The quantitative estimate of drug-likeness (QED) is 0.510. The van der Waals surface area contributed by atoms with Gasteiger partial charge in [-0.05, 0) is 29.9 Å². The van der Waals surface area contributed by atoms with Crippen LogP contribution < -0.4 is 15.8 Å². The minimum atomic E-state index is -3.72. The largest absolute Gasteiger partial charge is 0.368 e. The lowest BCUT2D eigenvalue weighted by molar-refractivity contribution is -0.142. The molecule has 2 heterocycles. The van der Waals surface area contributed by atoms with Gasteiger partial charge in [-0.1, -0.05) is 36.4 Å². The first kappa shape index (κ1) is 23.9. The average molecular weight is 479 g/mol. The van der Waals surface area contributed by atoms with Crippen molar-refractivity contribution >= 4 is 39.1 Å². The molecule has 0 bridgehead atoms. The van der Waals surface area contributed by atoms with Crippen LogP contribution in [0.25, 0.3) is 0 Å². The highest BCUT2D eigenvalue weighted by atomic mass is 32.2. The Morgan fingerprint density at radius 2 is 1.91 bits per heavy atom. The normalized spacial score (nSPS) is 19.8. The van der Waals surface area contributed by atoms with E-state index in [9.17, 15) is 22.8 Å². The number of amides is 3. The summed E-state index contributed by atoms with van der Waals surface area (Å²) in [7, 11) is -3.72. The first-order valence-corrected chi connectivity index (χ1v) is 12.5. The topological polar surface area (TPSA) is 139 Å². The van der Waals surface area contributed by atoms with E-state index in [1.54, 1.807) is 11.4 Å². The Morgan fingerprint density at radius 3 is 2.50 bits per heavy atom. The second kappa shape index (κ2) is 10.2. The SMILES string of the molecule is CC(=O)N1CC[C@H](NS(=O)(=O)c2cccs2)C[C@H]1C(=O)N[C@H](Cc1ccccc1)C(N)=O. The van der Waals surface area contributed by atoms with E-state index in [0.29, 0.717) is 6.42 Å². The molecule has 9 nitrogen and oxygen atoms in total. The highest BCUT2D eigenvalue weighted by molar-refractivity contribution is 7.91. The predicted molar refractivity (Wildman–Crippen MR) is 120 cm³/mol. The highest BCUT2D eigenvalue weighted by Crippen LogP contribution is 2.22. The summed E-state index contributed by atoms with van der Waals surface area (Å²) in [6, 6.07) is 9.85. The maximum Gasteiger partial charge on any atom is 0.250 e. The van der Waals surface area contributed by atoms with E-state index in [2.05, 4.69) is 10.0 Å². The first-order valence-electron chi connectivity index (χ1n) is 10.1. The van der Waals surface area contributed by atoms with Crippen molar-refractivity contribution in [3.05, 3.63) is 53.4 Å². The summed E-state index contributed by atoms with van der Waals surface area (Å²) < 4.78 is 28.0. The molecule has 0 spiro atoms. The monoisotopic (exact) mass is 478 g/mol. The summed E-state index contributed by atoms with van der Waals surface area (Å²) in [5.74, 6) is -1.54. The molecule has 32 heavy (non-hydrogen) atoms. The molecule has 3 atom stereocenters. The summed E-state index contributed by atoms with van der Waals surface area (Å²) >= 11 is 1.10. The fourth-order valence-electron chi connectivity index (χ4n) is 3.73. The number of sulfonamides is 1. The summed E-state index contributed by atoms with van der Waals surface area (Å²) in [5, 5.41) is 4.31. The molecule has 4 N–H and O–H groups in total. The number of nitrogens with one attached hydrogen (secondary N) is 2. The van der Waals surface area contributed by atoms with Crippen molar-refractivity contribution < 1.29 is 22.8 Å². The Balaban J connectivity index is 1.73.